The van der Waals surface area contributed by atoms with E-state index in [1.165, 1.54) is 13.2 Å². The molecule has 2 aromatic heterocycles. The molecule has 2 amide bonds. The molecule has 2 aliphatic rings. The highest BCUT2D eigenvalue weighted by Gasteiger charge is 2.35. The monoisotopic (exact) mass is 765 g/mol. The summed E-state index contributed by atoms with van der Waals surface area (Å²) in [6.07, 6.45) is 1.13. The number of carbonyl (C=O) groups is 2. The minimum Gasteiger partial charge on any atom is -0.371 e. The third-order valence-electron chi connectivity index (χ3n) is 9.80. The van der Waals surface area contributed by atoms with Crippen LogP contribution in [0.4, 0.5) is 42.1 Å². The molecule has 0 spiro atoms. The number of alkyl halides is 3. The Labute approximate surface area is 312 Å². The van der Waals surface area contributed by atoms with Gasteiger partial charge < -0.3 is 15.5 Å². The van der Waals surface area contributed by atoms with E-state index in [2.05, 4.69) is 59.9 Å². The van der Waals surface area contributed by atoms with Crippen LogP contribution < -0.4 is 25.2 Å². The number of carbonyl (C=O) groups excluding carboxylic acids is 2. The Kier molecular flexibility index (Phi) is 11.4. The zero-order valence-electron chi connectivity index (χ0n) is 30.1. The molecule has 1 atom stereocenters. The number of hydrogen-bond donors (Lipinski definition) is 3. The number of amides is 2. The predicted octanol–water partition coefficient (Wildman–Crippen LogP) is 5.26. The lowest BCUT2D eigenvalue weighted by Crippen LogP contribution is -2.43. The third kappa shape index (κ3) is 9.25. The number of piperidine rings is 2. The van der Waals surface area contributed by atoms with Crippen LogP contribution in [-0.4, -0.2) is 79.6 Å². The van der Waals surface area contributed by atoms with Crippen LogP contribution in [0.2, 0.25) is 0 Å². The fraction of sp³-hybridized carbons (Fsp3) is 0.378. The first-order chi connectivity index (χ1) is 25.7. The summed E-state index contributed by atoms with van der Waals surface area (Å²) < 4.78 is 66.9. The number of hydrogen-bond acceptors (Lipinski definition) is 11. The molecule has 2 fully saturated rings. The van der Waals surface area contributed by atoms with Crippen LogP contribution in [-0.2, 0) is 38.9 Å². The number of anilines is 5. The fourth-order valence-corrected chi connectivity index (χ4v) is 7.24. The van der Waals surface area contributed by atoms with Crippen molar-refractivity contribution in [2.75, 3.05) is 53.3 Å². The van der Waals surface area contributed by atoms with Crippen molar-refractivity contribution in [1.29, 1.82) is 0 Å². The summed E-state index contributed by atoms with van der Waals surface area (Å²) in [7, 11) is -0.236. The third-order valence-corrected chi connectivity index (χ3v) is 11.0. The minimum absolute atomic E-state index is 0.0515. The summed E-state index contributed by atoms with van der Waals surface area (Å²) in [6, 6.07) is 19.1. The lowest BCUT2D eigenvalue weighted by atomic mass is 9.89. The zero-order chi connectivity index (χ0) is 38.6. The molecule has 2 aliphatic heterocycles. The standard InChI is InChI=1S/C37H42F3N9O4S/c1-47(23-24-6-4-7-25(20-24)30-13-14-32(50)45-35(30)51)28-15-18-49(19-16-28)29-11-9-27(10-12-29)44-36-43-22-31(37(38,39)40)33(46-36)42-21-26-8-5-17-41-34(26)48(2)54(3,52)53/h4-12,17,20,22,28,30H,13-16,18-19,21,23H2,1-3H3,(H,45,50,51)(H2,42,43,44,46). The van der Waals surface area contributed by atoms with Gasteiger partial charge >= 0.3 is 6.18 Å². The SMILES string of the molecule is CN(Cc1cccc(C2CCC(=O)NC2=O)c1)C1CCN(c2ccc(Nc3ncc(C(F)(F)F)c(NCc4cccnc4N(C)S(C)(=O)=O)n3)cc2)CC1. The molecule has 4 heterocycles. The Morgan fingerprint density at radius 3 is 2.41 bits per heavy atom. The first kappa shape index (κ1) is 38.4. The maximum absolute atomic E-state index is 13.9. The van der Waals surface area contributed by atoms with Gasteiger partial charge in [-0.2, -0.15) is 18.2 Å². The van der Waals surface area contributed by atoms with E-state index >= 15 is 0 Å². The van der Waals surface area contributed by atoms with Gasteiger partial charge in [-0.25, -0.2) is 18.4 Å². The highest BCUT2D eigenvalue weighted by atomic mass is 32.2. The number of nitrogens with one attached hydrogen (secondary N) is 3. The maximum atomic E-state index is 13.9. The van der Waals surface area contributed by atoms with Gasteiger partial charge in [0, 0.05) is 75.0 Å². The van der Waals surface area contributed by atoms with Crippen molar-refractivity contribution in [2.45, 2.75) is 56.9 Å². The molecule has 4 aromatic rings. The minimum atomic E-state index is -4.74. The topological polar surface area (TPSA) is 153 Å². The molecule has 1 unspecified atom stereocenters. The first-order valence-electron chi connectivity index (χ1n) is 17.5. The van der Waals surface area contributed by atoms with Gasteiger partial charge in [0.1, 0.15) is 17.2 Å². The number of imide groups is 1. The quantitative estimate of drug-likeness (QED) is 0.162. The number of pyridine rings is 1. The van der Waals surface area contributed by atoms with Crippen LogP contribution in [0.25, 0.3) is 0 Å². The Balaban J connectivity index is 1.05. The van der Waals surface area contributed by atoms with Crippen LogP contribution >= 0.6 is 0 Å². The molecule has 3 N–H and O–H groups in total. The molecule has 0 aliphatic carbocycles. The second-order valence-electron chi connectivity index (χ2n) is 13.6. The van der Waals surface area contributed by atoms with Crippen LogP contribution in [0.3, 0.4) is 0 Å². The largest absolute Gasteiger partial charge is 0.421 e. The Hall–Kier alpha value is -5.29. The average Bonchev–Trinajstić information content (AvgIpc) is 3.13. The number of sulfonamides is 1. The van der Waals surface area contributed by atoms with Crippen molar-refractivity contribution < 1.29 is 31.2 Å². The number of halogens is 3. The van der Waals surface area contributed by atoms with Gasteiger partial charge in [-0.3, -0.25) is 24.1 Å². The number of aromatic nitrogens is 3. The van der Waals surface area contributed by atoms with E-state index in [0.717, 1.165) is 59.9 Å². The highest BCUT2D eigenvalue weighted by Crippen LogP contribution is 2.35. The number of rotatable bonds is 12. The van der Waals surface area contributed by atoms with E-state index in [-0.39, 0.29) is 36.0 Å². The summed E-state index contributed by atoms with van der Waals surface area (Å²) in [5.41, 5.74) is 2.93. The van der Waals surface area contributed by atoms with Gasteiger partial charge in [-0.05, 0) is 67.8 Å². The lowest BCUT2D eigenvalue weighted by molar-refractivity contribution is -0.137. The fourth-order valence-electron chi connectivity index (χ4n) is 6.76. The summed E-state index contributed by atoms with van der Waals surface area (Å²) in [5, 5.41) is 8.12. The summed E-state index contributed by atoms with van der Waals surface area (Å²) >= 11 is 0. The molecular weight excluding hydrogens is 724 g/mol. The highest BCUT2D eigenvalue weighted by molar-refractivity contribution is 7.92. The van der Waals surface area contributed by atoms with E-state index in [0.29, 0.717) is 36.3 Å². The van der Waals surface area contributed by atoms with Crippen molar-refractivity contribution in [2.24, 2.45) is 0 Å². The lowest BCUT2D eigenvalue weighted by Gasteiger charge is -2.38. The van der Waals surface area contributed by atoms with E-state index in [1.807, 2.05) is 36.4 Å². The average molecular weight is 766 g/mol. The van der Waals surface area contributed by atoms with Gasteiger partial charge in [-0.15, -0.1) is 0 Å². The van der Waals surface area contributed by atoms with E-state index < -0.39 is 27.6 Å². The molecule has 0 saturated carbocycles. The van der Waals surface area contributed by atoms with Crippen molar-refractivity contribution in [1.82, 2.24) is 25.2 Å². The maximum Gasteiger partial charge on any atom is 0.421 e. The van der Waals surface area contributed by atoms with Crippen molar-refractivity contribution in [3.05, 3.63) is 95.3 Å². The predicted molar refractivity (Wildman–Crippen MR) is 200 cm³/mol. The second-order valence-corrected chi connectivity index (χ2v) is 15.6. The molecule has 0 radical (unpaired) electrons. The molecular formula is C37H42F3N9O4S. The van der Waals surface area contributed by atoms with E-state index in [9.17, 15) is 31.2 Å². The van der Waals surface area contributed by atoms with E-state index in [4.69, 9.17) is 0 Å². The summed E-state index contributed by atoms with van der Waals surface area (Å²) in [4.78, 5) is 40.7. The van der Waals surface area contributed by atoms with Gasteiger partial charge in [0.2, 0.25) is 27.8 Å². The Bertz CT molecular complexity index is 2090. The van der Waals surface area contributed by atoms with Crippen molar-refractivity contribution in [3.8, 4) is 0 Å². The zero-order valence-corrected chi connectivity index (χ0v) is 30.9. The molecule has 13 nitrogen and oxygen atoms in total. The summed E-state index contributed by atoms with van der Waals surface area (Å²) in [6.45, 7) is 2.24. The summed E-state index contributed by atoms with van der Waals surface area (Å²) in [5.74, 6) is -1.21. The number of nitrogens with zero attached hydrogens (tertiary/aromatic N) is 6. The van der Waals surface area contributed by atoms with Crippen LogP contribution in [0.15, 0.2) is 73.1 Å². The molecule has 2 aromatic carbocycles. The van der Waals surface area contributed by atoms with Gasteiger partial charge in [0.05, 0.1) is 12.2 Å². The van der Waals surface area contributed by atoms with E-state index in [1.54, 1.807) is 12.1 Å². The smallest absolute Gasteiger partial charge is 0.371 e. The van der Waals surface area contributed by atoms with Crippen molar-refractivity contribution >= 4 is 50.8 Å². The van der Waals surface area contributed by atoms with Crippen LogP contribution in [0.5, 0.6) is 0 Å². The molecule has 0 bridgehead atoms. The van der Waals surface area contributed by atoms with Crippen LogP contribution in [0, 0.1) is 0 Å². The first-order valence-corrected chi connectivity index (χ1v) is 19.3. The van der Waals surface area contributed by atoms with Gasteiger partial charge in [-0.1, -0.05) is 30.3 Å². The Morgan fingerprint density at radius 2 is 1.72 bits per heavy atom. The Morgan fingerprint density at radius 1 is 0.981 bits per heavy atom. The van der Waals surface area contributed by atoms with Gasteiger partial charge in [0.25, 0.3) is 0 Å². The van der Waals surface area contributed by atoms with Crippen LogP contribution in [0.1, 0.15) is 53.9 Å². The van der Waals surface area contributed by atoms with Gasteiger partial charge in [0.15, 0.2) is 0 Å². The normalized spacial score (nSPS) is 17.0. The van der Waals surface area contributed by atoms with Crippen molar-refractivity contribution in [3.63, 3.8) is 0 Å². The molecule has 54 heavy (non-hydrogen) atoms. The molecule has 286 valence electrons. The number of benzene rings is 2. The molecule has 2 saturated heterocycles. The molecule has 6 rings (SSSR count). The second kappa shape index (κ2) is 16.0. The molecule has 17 heteroatoms.